The van der Waals surface area contributed by atoms with Gasteiger partial charge >= 0.3 is 0 Å². The predicted molar refractivity (Wildman–Crippen MR) is 69.4 cm³/mol. The van der Waals surface area contributed by atoms with Crippen LogP contribution in [-0.4, -0.2) is 41.8 Å². The van der Waals surface area contributed by atoms with Gasteiger partial charge in [-0.2, -0.15) is 0 Å². The highest BCUT2D eigenvalue weighted by atomic mass is 16.2. The number of nitrogens with zero attached hydrogens (tertiary/aromatic N) is 1. The van der Waals surface area contributed by atoms with Gasteiger partial charge in [0, 0.05) is 12.0 Å². The zero-order valence-electron chi connectivity index (χ0n) is 11.2. The molecule has 0 bridgehead atoms. The predicted octanol–water partition coefficient (Wildman–Crippen LogP) is -1.45. The molecule has 0 aromatic rings. The van der Waals surface area contributed by atoms with E-state index in [1.165, 1.54) is 0 Å². The van der Waals surface area contributed by atoms with Gasteiger partial charge in [0.1, 0.15) is 0 Å². The van der Waals surface area contributed by atoms with Crippen LogP contribution in [0.25, 0.3) is 0 Å². The minimum atomic E-state index is -0.657. The van der Waals surface area contributed by atoms with Gasteiger partial charge < -0.3 is 22.1 Å². The summed E-state index contributed by atoms with van der Waals surface area (Å²) in [5.74, 6) is -1.53. The highest BCUT2D eigenvalue weighted by molar-refractivity contribution is 5.89. The molecule has 19 heavy (non-hydrogen) atoms. The van der Waals surface area contributed by atoms with Crippen molar-refractivity contribution >= 4 is 17.7 Å². The Bertz CT molecular complexity index is 356. The number of carbonyl (C=O) groups is 3. The van der Waals surface area contributed by atoms with E-state index in [0.29, 0.717) is 12.8 Å². The van der Waals surface area contributed by atoms with Gasteiger partial charge in [-0.15, -0.1) is 0 Å². The summed E-state index contributed by atoms with van der Waals surface area (Å²) in [5, 5.41) is 0. The molecule has 0 aromatic carbocycles. The Balaban J connectivity index is 2.70. The molecule has 0 aromatic heterocycles. The van der Waals surface area contributed by atoms with Crippen molar-refractivity contribution in [3.63, 3.8) is 0 Å². The van der Waals surface area contributed by atoms with Crippen molar-refractivity contribution in [3.05, 3.63) is 0 Å². The summed E-state index contributed by atoms with van der Waals surface area (Å²) in [6.07, 6.45) is 2.09. The van der Waals surface area contributed by atoms with Crippen LogP contribution in [0.1, 0.15) is 26.2 Å². The molecule has 3 amide bonds. The van der Waals surface area contributed by atoms with Crippen LogP contribution >= 0.6 is 0 Å². The van der Waals surface area contributed by atoms with Crippen LogP contribution in [0.3, 0.4) is 0 Å². The fraction of sp³-hybridized carbons (Fsp3) is 0.750. The summed E-state index contributed by atoms with van der Waals surface area (Å²) < 4.78 is 0. The molecule has 3 atom stereocenters. The molecule has 0 heterocycles. The molecule has 6 N–H and O–H groups in total. The lowest BCUT2D eigenvalue weighted by Gasteiger charge is -2.33. The third kappa shape index (κ3) is 4.51. The normalized spacial score (nSPS) is 26.7. The van der Waals surface area contributed by atoms with E-state index in [2.05, 4.69) is 0 Å². The van der Waals surface area contributed by atoms with Gasteiger partial charge in [0.2, 0.25) is 17.7 Å². The average Bonchev–Trinajstić information content (AvgIpc) is 2.29. The van der Waals surface area contributed by atoms with Crippen LogP contribution in [0.4, 0.5) is 0 Å². The molecule has 1 aliphatic rings. The molecule has 7 heteroatoms. The van der Waals surface area contributed by atoms with Gasteiger partial charge in [-0.3, -0.25) is 14.4 Å². The largest absolute Gasteiger partial charge is 0.368 e. The van der Waals surface area contributed by atoms with Crippen LogP contribution in [0, 0.1) is 11.8 Å². The van der Waals surface area contributed by atoms with Gasteiger partial charge in [0.05, 0.1) is 13.1 Å². The minimum Gasteiger partial charge on any atom is -0.368 e. The van der Waals surface area contributed by atoms with E-state index < -0.39 is 11.8 Å². The van der Waals surface area contributed by atoms with Gasteiger partial charge in [-0.1, -0.05) is 6.92 Å². The molecule has 0 radical (unpaired) electrons. The Hall–Kier alpha value is -1.63. The van der Waals surface area contributed by atoms with E-state index >= 15 is 0 Å². The smallest absolute Gasteiger partial charge is 0.237 e. The summed E-state index contributed by atoms with van der Waals surface area (Å²) in [5.41, 5.74) is 16.1. The van der Waals surface area contributed by atoms with Gasteiger partial charge in [-0.25, -0.2) is 0 Å². The number of hydrogen-bond donors (Lipinski definition) is 3. The molecule has 0 aliphatic heterocycles. The topological polar surface area (TPSA) is 133 Å². The third-order valence-electron chi connectivity index (χ3n) is 3.59. The molecule has 1 rings (SSSR count). The Morgan fingerprint density at radius 1 is 1.11 bits per heavy atom. The average molecular weight is 270 g/mol. The Kier molecular flexibility index (Phi) is 5.29. The summed E-state index contributed by atoms with van der Waals surface area (Å²) >= 11 is 0. The zero-order chi connectivity index (χ0) is 14.6. The second kappa shape index (κ2) is 6.51. The Morgan fingerprint density at radius 3 is 2.05 bits per heavy atom. The van der Waals surface area contributed by atoms with E-state index in [9.17, 15) is 14.4 Å². The molecule has 1 aliphatic carbocycles. The Morgan fingerprint density at radius 2 is 1.63 bits per heavy atom. The lowest BCUT2D eigenvalue weighted by Crippen LogP contribution is -2.48. The van der Waals surface area contributed by atoms with Crippen molar-refractivity contribution in [3.8, 4) is 0 Å². The molecule has 0 spiro atoms. The van der Waals surface area contributed by atoms with Crippen LogP contribution in [0.5, 0.6) is 0 Å². The molecule has 1 saturated carbocycles. The quantitative estimate of drug-likeness (QED) is 0.563. The number of primary amides is 2. The molecule has 7 nitrogen and oxygen atoms in total. The van der Waals surface area contributed by atoms with Gasteiger partial charge in [0.25, 0.3) is 0 Å². The van der Waals surface area contributed by atoms with Crippen LogP contribution in [-0.2, 0) is 14.4 Å². The first kappa shape index (κ1) is 15.4. The lowest BCUT2D eigenvalue weighted by molar-refractivity contribution is -0.142. The first-order valence-corrected chi connectivity index (χ1v) is 6.42. The van der Waals surface area contributed by atoms with Crippen LogP contribution < -0.4 is 17.2 Å². The van der Waals surface area contributed by atoms with Crippen molar-refractivity contribution in [2.24, 2.45) is 29.0 Å². The minimum absolute atomic E-state index is 0.102. The van der Waals surface area contributed by atoms with Crippen LogP contribution in [0.2, 0.25) is 0 Å². The summed E-state index contributed by atoms with van der Waals surface area (Å²) in [7, 11) is 0. The van der Waals surface area contributed by atoms with Crippen molar-refractivity contribution in [1.82, 2.24) is 4.90 Å². The third-order valence-corrected chi connectivity index (χ3v) is 3.59. The van der Waals surface area contributed by atoms with Crippen molar-refractivity contribution < 1.29 is 14.4 Å². The number of amides is 3. The van der Waals surface area contributed by atoms with Crippen molar-refractivity contribution in [2.75, 3.05) is 13.1 Å². The highest BCUT2D eigenvalue weighted by Crippen LogP contribution is 2.29. The van der Waals surface area contributed by atoms with Crippen molar-refractivity contribution in [1.29, 1.82) is 0 Å². The number of rotatable bonds is 5. The number of hydrogen-bond acceptors (Lipinski definition) is 4. The second-order valence-electron chi connectivity index (χ2n) is 5.28. The molecule has 108 valence electrons. The highest BCUT2D eigenvalue weighted by Gasteiger charge is 2.32. The molecule has 3 unspecified atom stereocenters. The summed E-state index contributed by atoms with van der Waals surface area (Å²) in [6, 6.07) is 0.102. The fourth-order valence-corrected chi connectivity index (χ4v) is 2.49. The maximum absolute atomic E-state index is 12.3. The zero-order valence-corrected chi connectivity index (χ0v) is 11.2. The van der Waals surface area contributed by atoms with Gasteiger partial charge in [-0.05, 0) is 25.2 Å². The van der Waals surface area contributed by atoms with Crippen LogP contribution in [0.15, 0.2) is 0 Å². The Labute approximate surface area is 112 Å². The first-order chi connectivity index (χ1) is 8.81. The van der Waals surface area contributed by atoms with E-state index in [1.54, 1.807) is 0 Å². The van der Waals surface area contributed by atoms with E-state index in [0.717, 1.165) is 11.3 Å². The number of carbonyl (C=O) groups excluding carboxylic acids is 3. The SMILES string of the molecule is CC1CC(C(=O)N(CC(N)=O)CC(N)=O)CCC1N. The maximum Gasteiger partial charge on any atom is 0.237 e. The standard InChI is InChI=1S/C12H22N4O3/c1-7-4-8(2-3-9(7)13)12(19)16(5-10(14)17)6-11(15)18/h7-9H,2-6,13H2,1H3,(H2,14,17)(H2,15,18). The number of nitrogens with two attached hydrogens (primary N) is 3. The van der Waals surface area contributed by atoms with E-state index in [-0.39, 0.29) is 36.9 Å². The van der Waals surface area contributed by atoms with Gasteiger partial charge in [0.15, 0.2) is 0 Å². The molecular weight excluding hydrogens is 248 g/mol. The lowest BCUT2D eigenvalue weighted by atomic mass is 9.78. The fourth-order valence-electron chi connectivity index (χ4n) is 2.49. The summed E-state index contributed by atoms with van der Waals surface area (Å²) in [4.78, 5) is 35.3. The summed E-state index contributed by atoms with van der Waals surface area (Å²) in [6.45, 7) is 1.44. The van der Waals surface area contributed by atoms with E-state index in [1.807, 2.05) is 6.92 Å². The first-order valence-electron chi connectivity index (χ1n) is 6.42. The van der Waals surface area contributed by atoms with Crippen molar-refractivity contribution in [2.45, 2.75) is 32.2 Å². The monoisotopic (exact) mass is 270 g/mol. The molecular formula is C12H22N4O3. The molecule has 1 fully saturated rings. The molecule has 0 saturated heterocycles. The maximum atomic E-state index is 12.3. The second-order valence-corrected chi connectivity index (χ2v) is 5.28. The van der Waals surface area contributed by atoms with E-state index in [4.69, 9.17) is 17.2 Å².